The standard InChI is InChI=1S/C9H10N2OS/c1-12-11-8-6-4-3-5-7(8)10-9(11)13-2/h3-6H,1-2H3. The first-order valence-corrected chi connectivity index (χ1v) is 5.15. The van der Waals surface area contributed by atoms with Gasteiger partial charge in [0.1, 0.15) is 12.6 Å². The molecule has 0 amide bonds. The van der Waals surface area contributed by atoms with E-state index in [1.165, 1.54) is 0 Å². The molecule has 0 radical (unpaired) electrons. The zero-order valence-corrected chi connectivity index (χ0v) is 8.34. The summed E-state index contributed by atoms with van der Waals surface area (Å²) in [6.07, 6.45) is 1.98. The third-order valence-electron chi connectivity index (χ3n) is 1.86. The van der Waals surface area contributed by atoms with Crippen LogP contribution in [0.15, 0.2) is 29.4 Å². The third-order valence-corrected chi connectivity index (χ3v) is 2.48. The van der Waals surface area contributed by atoms with Crippen LogP contribution < -0.4 is 4.84 Å². The molecule has 1 aromatic heterocycles. The van der Waals surface area contributed by atoms with Crippen molar-refractivity contribution in [3.05, 3.63) is 24.3 Å². The Morgan fingerprint density at radius 3 is 2.85 bits per heavy atom. The van der Waals surface area contributed by atoms with Gasteiger partial charge in [-0.25, -0.2) is 4.98 Å². The number of nitrogens with zero attached hydrogens (tertiary/aromatic N) is 2. The molecule has 1 heterocycles. The monoisotopic (exact) mass is 194 g/mol. The molecule has 0 aliphatic heterocycles. The predicted molar refractivity (Wildman–Crippen MR) is 54.0 cm³/mol. The molecule has 4 heteroatoms. The summed E-state index contributed by atoms with van der Waals surface area (Å²) in [6, 6.07) is 7.92. The molecule has 0 N–H and O–H groups in total. The number of hydrogen-bond donors (Lipinski definition) is 0. The maximum Gasteiger partial charge on any atom is 0.203 e. The van der Waals surface area contributed by atoms with Gasteiger partial charge in [-0.1, -0.05) is 23.9 Å². The van der Waals surface area contributed by atoms with Crippen LogP contribution in [0, 0.1) is 0 Å². The largest absolute Gasteiger partial charge is 0.414 e. The normalized spacial score (nSPS) is 10.6. The number of thioether (sulfide) groups is 1. The molecule has 0 spiro atoms. The van der Waals surface area contributed by atoms with E-state index >= 15 is 0 Å². The smallest absolute Gasteiger partial charge is 0.203 e. The summed E-state index contributed by atoms with van der Waals surface area (Å²) in [7, 11) is 1.65. The van der Waals surface area contributed by atoms with Crippen molar-refractivity contribution in [2.24, 2.45) is 0 Å². The van der Waals surface area contributed by atoms with Gasteiger partial charge in [-0.15, -0.1) is 0 Å². The van der Waals surface area contributed by atoms with E-state index in [1.54, 1.807) is 23.6 Å². The second-order valence-electron chi connectivity index (χ2n) is 2.56. The van der Waals surface area contributed by atoms with E-state index in [4.69, 9.17) is 4.84 Å². The molecule has 0 saturated carbocycles. The van der Waals surface area contributed by atoms with Gasteiger partial charge in [-0.05, 0) is 18.4 Å². The molecule has 0 fully saturated rings. The van der Waals surface area contributed by atoms with Crippen molar-refractivity contribution >= 4 is 22.8 Å². The Hall–Kier alpha value is -1.16. The van der Waals surface area contributed by atoms with Crippen LogP contribution in [0.1, 0.15) is 0 Å². The van der Waals surface area contributed by atoms with Crippen molar-refractivity contribution in [2.45, 2.75) is 5.16 Å². The molecule has 0 bridgehead atoms. The molecule has 0 atom stereocenters. The van der Waals surface area contributed by atoms with Crippen molar-refractivity contribution in [2.75, 3.05) is 13.4 Å². The van der Waals surface area contributed by atoms with Crippen LogP contribution in [0.2, 0.25) is 0 Å². The molecule has 0 aliphatic rings. The highest BCUT2D eigenvalue weighted by Crippen LogP contribution is 2.20. The molecule has 1 aromatic carbocycles. The van der Waals surface area contributed by atoms with Gasteiger partial charge in [0.05, 0.1) is 5.52 Å². The number of aromatic nitrogens is 2. The molecule has 0 saturated heterocycles. The summed E-state index contributed by atoms with van der Waals surface area (Å²) in [5.41, 5.74) is 1.98. The van der Waals surface area contributed by atoms with Crippen LogP contribution in [-0.2, 0) is 0 Å². The van der Waals surface area contributed by atoms with Gasteiger partial charge in [0.15, 0.2) is 0 Å². The minimum Gasteiger partial charge on any atom is -0.414 e. The Bertz CT molecular complexity index is 424. The number of imidazole rings is 1. The Labute approximate surface area is 80.7 Å². The summed E-state index contributed by atoms with van der Waals surface area (Å²) in [5, 5.41) is 0.878. The summed E-state index contributed by atoms with van der Waals surface area (Å²) >= 11 is 1.57. The Kier molecular flexibility index (Phi) is 2.14. The van der Waals surface area contributed by atoms with E-state index < -0.39 is 0 Å². The summed E-state index contributed by atoms with van der Waals surface area (Å²) in [4.78, 5) is 9.63. The number of para-hydroxylation sites is 2. The fraction of sp³-hybridized carbons (Fsp3) is 0.222. The summed E-state index contributed by atoms with van der Waals surface area (Å²) in [6.45, 7) is 0. The Morgan fingerprint density at radius 1 is 1.38 bits per heavy atom. The highest BCUT2D eigenvalue weighted by Gasteiger charge is 2.08. The van der Waals surface area contributed by atoms with Gasteiger partial charge < -0.3 is 4.84 Å². The van der Waals surface area contributed by atoms with Crippen LogP contribution in [-0.4, -0.2) is 23.1 Å². The molecular formula is C9H10N2OS. The molecule has 3 nitrogen and oxygen atoms in total. The Morgan fingerprint density at radius 2 is 2.15 bits per heavy atom. The lowest BCUT2D eigenvalue weighted by Gasteiger charge is -2.02. The lowest BCUT2D eigenvalue weighted by Crippen LogP contribution is -2.06. The van der Waals surface area contributed by atoms with E-state index in [2.05, 4.69) is 4.98 Å². The summed E-state index contributed by atoms with van der Waals surface area (Å²) < 4.78 is 1.74. The van der Waals surface area contributed by atoms with Crippen molar-refractivity contribution in [3.63, 3.8) is 0 Å². The summed E-state index contributed by atoms with van der Waals surface area (Å²) in [5.74, 6) is 0. The topological polar surface area (TPSA) is 27.1 Å². The van der Waals surface area contributed by atoms with Crippen molar-refractivity contribution in [1.29, 1.82) is 0 Å². The van der Waals surface area contributed by atoms with Crippen LogP contribution in [0.4, 0.5) is 0 Å². The fourth-order valence-corrected chi connectivity index (χ4v) is 1.82. The molecule has 13 heavy (non-hydrogen) atoms. The lowest BCUT2D eigenvalue weighted by atomic mass is 10.3. The first-order valence-electron chi connectivity index (χ1n) is 3.92. The number of benzene rings is 1. The van der Waals surface area contributed by atoms with Crippen LogP contribution in [0.3, 0.4) is 0 Å². The highest BCUT2D eigenvalue weighted by molar-refractivity contribution is 7.98. The van der Waals surface area contributed by atoms with Gasteiger partial charge in [-0.2, -0.15) is 4.73 Å². The molecular weight excluding hydrogens is 184 g/mol. The highest BCUT2D eigenvalue weighted by atomic mass is 32.2. The SMILES string of the molecule is COn1c(SC)nc2ccccc21. The first kappa shape index (κ1) is 8.44. The zero-order chi connectivity index (χ0) is 9.26. The maximum absolute atomic E-state index is 5.22. The zero-order valence-electron chi connectivity index (χ0n) is 7.52. The van der Waals surface area contributed by atoms with E-state index in [0.29, 0.717) is 0 Å². The first-order chi connectivity index (χ1) is 6.36. The van der Waals surface area contributed by atoms with Crippen LogP contribution in [0.5, 0.6) is 0 Å². The number of fused-ring (bicyclic) bond motifs is 1. The third kappa shape index (κ3) is 1.27. The van der Waals surface area contributed by atoms with Crippen molar-refractivity contribution in [3.8, 4) is 0 Å². The molecule has 0 unspecified atom stereocenters. The average Bonchev–Trinajstić information content (AvgIpc) is 2.55. The van der Waals surface area contributed by atoms with E-state index in [9.17, 15) is 0 Å². The quantitative estimate of drug-likeness (QED) is 0.682. The van der Waals surface area contributed by atoms with Gasteiger partial charge in [0, 0.05) is 0 Å². The molecule has 2 aromatic rings. The van der Waals surface area contributed by atoms with Crippen LogP contribution >= 0.6 is 11.8 Å². The van der Waals surface area contributed by atoms with E-state index in [1.807, 2.05) is 30.5 Å². The minimum atomic E-state index is 0.878. The van der Waals surface area contributed by atoms with Gasteiger partial charge in [0.2, 0.25) is 5.16 Å². The van der Waals surface area contributed by atoms with Gasteiger partial charge in [0.25, 0.3) is 0 Å². The predicted octanol–water partition coefficient (Wildman–Crippen LogP) is 1.82. The van der Waals surface area contributed by atoms with Crippen molar-refractivity contribution < 1.29 is 4.84 Å². The van der Waals surface area contributed by atoms with Gasteiger partial charge >= 0.3 is 0 Å². The number of rotatable bonds is 2. The second kappa shape index (κ2) is 3.30. The maximum atomic E-state index is 5.22. The Balaban J connectivity index is 2.73. The molecule has 68 valence electrons. The average molecular weight is 194 g/mol. The lowest BCUT2D eigenvalue weighted by molar-refractivity contribution is 0.155. The minimum absolute atomic E-state index is 0.878. The van der Waals surface area contributed by atoms with Gasteiger partial charge in [-0.3, -0.25) is 0 Å². The van der Waals surface area contributed by atoms with E-state index in [-0.39, 0.29) is 0 Å². The number of hydrogen-bond acceptors (Lipinski definition) is 3. The second-order valence-corrected chi connectivity index (χ2v) is 3.34. The molecule has 0 aliphatic carbocycles. The van der Waals surface area contributed by atoms with E-state index in [0.717, 1.165) is 16.2 Å². The fourth-order valence-electron chi connectivity index (χ4n) is 1.29. The van der Waals surface area contributed by atoms with Crippen molar-refractivity contribution in [1.82, 2.24) is 9.71 Å². The molecule has 2 rings (SSSR count). The van der Waals surface area contributed by atoms with Crippen LogP contribution in [0.25, 0.3) is 11.0 Å².